The molecule has 0 aromatic heterocycles. The van der Waals surface area contributed by atoms with Crippen molar-refractivity contribution in [3.8, 4) is 5.75 Å². The molecule has 0 N–H and O–H groups in total. The van der Waals surface area contributed by atoms with E-state index < -0.39 is 0 Å². The lowest BCUT2D eigenvalue weighted by atomic mass is 10.1. The number of para-hydroxylation sites is 1. The fourth-order valence-corrected chi connectivity index (χ4v) is 2.99. The van der Waals surface area contributed by atoms with Gasteiger partial charge in [-0.1, -0.05) is 30.3 Å². The van der Waals surface area contributed by atoms with E-state index in [0.29, 0.717) is 32.0 Å². The average Bonchev–Trinajstić information content (AvgIpc) is 3.45. The van der Waals surface area contributed by atoms with Gasteiger partial charge in [-0.25, -0.2) is 4.39 Å². The first-order valence-corrected chi connectivity index (χ1v) is 8.92. The predicted molar refractivity (Wildman–Crippen MR) is 95.9 cm³/mol. The molecule has 1 amide bonds. The standard InChI is InChI=1S/C21H24FNO2/c1-2-25-20-6-4-3-5-17(20)9-14-21(24)23(19-12-13-19)15-16-7-10-18(22)11-8-16/h3-8,10-11,19H,2,9,12-15H2,1H3. The summed E-state index contributed by atoms with van der Waals surface area (Å²) in [4.78, 5) is 14.7. The van der Waals surface area contributed by atoms with Crippen LogP contribution in [0.1, 0.15) is 37.3 Å². The van der Waals surface area contributed by atoms with Gasteiger partial charge < -0.3 is 9.64 Å². The smallest absolute Gasteiger partial charge is 0.223 e. The van der Waals surface area contributed by atoms with E-state index in [2.05, 4.69) is 0 Å². The highest BCUT2D eigenvalue weighted by atomic mass is 19.1. The maximum absolute atomic E-state index is 13.1. The minimum absolute atomic E-state index is 0.151. The Balaban J connectivity index is 1.63. The fraction of sp³-hybridized carbons (Fsp3) is 0.381. The molecule has 0 atom stereocenters. The molecule has 2 aromatic rings. The van der Waals surface area contributed by atoms with Crippen LogP contribution in [0.15, 0.2) is 48.5 Å². The van der Waals surface area contributed by atoms with Crippen LogP contribution in [0.4, 0.5) is 4.39 Å². The molecule has 0 radical (unpaired) electrons. The Morgan fingerprint density at radius 1 is 1.16 bits per heavy atom. The van der Waals surface area contributed by atoms with Crippen LogP contribution in [-0.2, 0) is 17.8 Å². The zero-order chi connectivity index (χ0) is 17.6. The molecule has 1 aliphatic carbocycles. The topological polar surface area (TPSA) is 29.5 Å². The lowest BCUT2D eigenvalue weighted by molar-refractivity contribution is -0.132. The SMILES string of the molecule is CCOc1ccccc1CCC(=O)N(Cc1ccc(F)cc1)C1CC1. The third-order valence-electron chi connectivity index (χ3n) is 4.45. The summed E-state index contributed by atoms with van der Waals surface area (Å²) in [6.07, 6.45) is 3.24. The molecule has 0 aliphatic heterocycles. The molecule has 0 spiro atoms. The molecular weight excluding hydrogens is 317 g/mol. The average molecular weight is 341 g/mol. The third kappa shape index (κ3) is 4.81. The van der Waals surface area contributed by atoms with Crippen LogP contribution < -0.4 is 4.74 Å². The number of hydrogen-bond donors (Lipinski definition) is 0. The number of nitrogens with zero attached hydrogens (tertiary/aromatic N) is 1. The molecule has 0 saturated heterocycles. The van der Waals surface area contributed by atoms with Gasteiger partial charge in [-0.05, 0) is 55.5 Å². The second-order valence-electron chi connectivity index (χ2n) is 6.42. The van der Waals surface area contributed by atoms with Crippen LogP contribution in [0.25, 0.3) is 0 Å². The number of aryl methyl sites for hydroxylation is 1. The lowest BCUT2D eigenvalue weighted by Crippen LogP contribution is -2.32. The fourth-order valence-electron chi connectivity index (χ4n) is 2.99. The zero-order valence-corrected chi connectivity index (χ0v) is 14.6. The second kappa shape index (κ2) is 8.15. The van der Waals surface area contributed by atoms with E-state index in [4.69, 9.17) is 4.74 Å². The van der Waals surface area contributed by atoms with Crippen LogP contribution in [0, 0.1) is 5.82 Å². The van der Waals surface area contributed by atoms with E-state index >= 15 is 0 Å². The molecule has 0 unspecified atom stereocenters. The summed E-state index contributed by atoms with van der Waals surface area (Å²) in [5, 5.41) is 0. The summed E-state index contributed by atoms with van der Waals surface area (Å²) in [5.74, 6) is 0.757. The van der Waals surface area contributed by atoms with E-state index in [-0.39, 0.29) is 11.7 Å². The largest absolute Gasteiger partial charge is 0.494 e. The van der Waals surface area contributed by atoms with Crippen LogP contribution in [0.2, 0.25) is 0 Å². The molecule has 1 aliphatic rings. The van der Waals surface area contributed by atoms with Crippen molar-refractivity contribution in [1.29, 1.82) is 0 Å². The molecule has 0 heterocycles. The first kappa shape index (κ1) is 17.5. The molecule has 2 aromatic carbocycles. The molecule has 1 fully saturated rings. The Kier molecular flexibility index (Phi) is 5.69. The van der Waals surface area contributed by atoms with E-state index in [0.717, 1.165) is 29.7 Å². The van der Waals surface area contributed by atoms with E-state index in [1.54, 1.807) is 12.1 Å². The quantitative estimate of drug-likeness (QED) is 0.714. The molecule has 3 nitrogen and oxygen atoms in total. The van der Waals surface area contributed by atoms with Crippen molar-refractivity contribution in [1.82, 2.24) is 4.90 Å². The zero-order valence-electron chi connectivity index (χ0n) is 14.6. The summed E-state index contributed by atoms with van der Waals surface area (Å²) in [6, 6.07) is 14.6. The Hall–Kier alpha value is -2.36. The third-order valence-corrected chi connectivity index (χ3v) is 4.45. The van der Waals surface area contributed by atoms with Crippen molar-refractivity contribution in [2.75, 3.05) is 6.61 Å². The van der Waals surface area contributed by atoms with Gasteiger partial charge in [-0.3, -0.25) is 4.79 Å². The van der Waals surface area contributed by atoms with Gasteiger partial charge in [0, 0.05) is 19.0 Å². The van der Waals surface area contributed by atoms with Crippen molar-refractivity contribution < 1.29 is 13.9 Å². The van der Waals surface area contributed by atoms with Crippen molar-refractivity contribution >= 4 is 5.91 Å². The second-order valence-corrected chi connectivity index (χ2v) is 6.42. The number of amides is 1. The van der Waals surface area contributed by atoms with Gasteiger partial charge in [0.15, 0.2) is 0 Å². The highest BCUT2D eigenvalue weighted by molar-refractivity contribution is 5.77. The van der Waals surface area contributed by atoms with Crippen LogP contribution in [0.5, 0.6) is 5.75 Å². The monoisotopic (exact) mass is 341 g/mol. The maximum atomic E-state index is 13.1. The number of carbonyl (C=O) groups is 1. The highest BCUT2D eigenvalue weighted by Crippen LogP contribution is 2.29. The van der Waals surface area contributed by atoms with Crippen molar-refractivity contribution in [3.05, 3.63) is 65.5 Å². The number of benzene rings is 2. The molecule has 4 heteroatoms. The Bertz CT molecular complexity index is 710. The number of carbonyl (C=O) groups excluding carboxylic acids is 1. The Labute approximate surface area is 148 Å². The summed E-state index contributed by atoms with van der Waals surface area (Å²) < 4.78 is 18.7. The number of hydrogen-bond acceptors (Lipinski definition) is 2. The molecule has 3 rings (SSSR count). The summed E-state index contributed by atoms with van der Waals surface area (Å²) in [6.45, 7) is 3.13. The molecule has 0 bridgehead atoms. The predicted octanol–water partition coefficient (Wildman–Crippen LogP) is 4.35. The van der Waals surface area contributed by atoms with Gasteiger partial charge in [-0.2, -0.15) is 0 Å². The molecular formula is C21H24FNO2. The van der Waals surface area contributed by atoms with Crippen molar-refractivity contribution in [2.24, 2.45) is 0 Å². The number of halogens is 1. The first-order chi connectivity index (χ1) is 12.2. The van der Waals surface area contributed by atoms with Crippen molar-refractivity contribution in [2.45, 2.75) is 45.2 Å². The molecule has 132 valence electrons. The van der Waals surface area contributed by atoms with Gasteiger partial charge in [0.2, 0.25) is 5.91 Å². The van der Waals surface area contributed by atoms with E-state index in [1.807, 2.05) is 36.1 Å². The normalized spacial score (nSPS) is 13.5. The Morgan fingerprint density at radius 2 is 1.88 bits per heavy atom. The van der Waals surface area contributed by atoms with E-state index in [9.17, 15) is 9.18 Å². The van der Waals surface area contributed by atoms with Crippen molar-refractivity contribution in [3.63, 3.8) is 0 Å². The summed E-state index contributed by atoms with van der Waals surface area (Å²) >= 11 is 0. The van der Waals surface area contributed by atoms with Gasteiger partial charge in [-0.15, -0.1) is 0 Å². The minimum atomic E-state index is -0.249. The number of ether oxygens (including phenoxy) is 1. The van der Waals surface area contributed by atoms with Gasteiger partial charge in [0.1, 0.15) is 11.6 Å². The van der Waals surface area contributed by atoms with Gasteiger partial charge in [0.25, 0.3) is 0 Å². The molecule has 25 heavy (non-hydrogen) atoms. The summed E-state index contributed by atoms with van der Waals surface area (Å²) in [5.41, 5.74) is 2.03. The van der Waals surface area contributed by atoms with Gasteiger partial charge in [0.05, 0.1) is 6.61 Å². The minimum Gasteiger partial charge on any atom is -0.494 e. The van der Waals surface area contributed by atoms with Crippen LogP contribution >= 0.6 is 0 Å². The number of rotatable bonds is 8. The van der Waals surface area contributed by atoms with Crippen LogP contribution in [0.3, 0.4) is 0 Å². The summed E-state index contributed by atoms with van der Waals surface area (Å²) in [7, 11) is 0. The highest BCUT2D eigenvalue weighted by Gasteiger charge is 2.32. The van der Waals surface area contributed by atoms with Crippen LogP contribution in [-0.4, -0.2) is 23.5 Å². The lowest BCUT2D eigenvalue weighted by Gasteiger charge is -2.23. The molecule has 1 saturated carbocycles. The van der Waals surface area contributed by atoms with Gasteiger partial charge >= 0.3 is 0 Å². The Morgan fingerprint density at radius 3 is 2.56 bits per heavy atom. The first-order valence-electron chi connectivity index (χ1n) is 8.92. The van der Waals surface area contributed by atoms with E-state index in [1.165, 1.54) is 12.1 Å². The maximum Gasteiger partial charge on any atom is 0.223 e.